The molecule has 3 aliphatic rings. The van der Waals surface area contributed by atoms with Crippen molar-refractivity contribution in [2.75, 3.05) is 19.6 Å². The van der Waals surface area contributed by atoms with Gasteiger partial charge >= 0.3 is 0 Å². The molecule has 3 rings (SSSR count). The van der Waals surface area contributed by atoms with Gasteiger partial charge in [-0.05, 0) is 42.9 Å². The highest BCUT2D eigenvalue weighted by molar-refractivity contribution is 4.97. The quantitative estimate of drug-likeness (QED) is 0.806. The molecular formula is C15H28N2. The monoisotopic (exact) mass is 236 g/mol. The lowest BCUT2D eigenvalue weighted by molar-refractivity contribution is 0.0863. The van der Waals surface area contributed by atoms with E-state index >= 15 is 0 Å². The van der Waals surface area contributed by atoms with Gasteiger partial charge in [0, 0.05) is 31.7 Å². The fraction of sp³-hybridized carbons (Fsp3) is 1.00. The fourth-order valence-electron chi connectivity index (χ4n) is 3.49. The Morgan fingerprint density at radius 2 is 2.00 bits per heavy atom. The molecule has 0 spiro atoms. The Morgan fingerprint density at radius 1 is 1.29 bits per heavy atom. The van der Waals surface area contributed by atoms with Crippen LogP contribution in [-0.4, -0.2) is 36.6 Å². The van der Waals surface area contributed by atoms with Crippen LogP contribution in [0.15, 0.2) is 0 Å². The first kappa shape index (κ1) is 12.0. The molecular weight excluding hydrogens is 208 g/mol. The van der Waals surface area contributed by atoms with Gasteiger partial charge in [-0.2, -0.15) is 0 Å². The minimum absolute atomic E-state index is 0.776. The molecule has 0 bridgehead atoms. The minimum atomic E-state index is 0.776. The molecule has 2 nitrogen and oxygen atoms in total. The summed E-state index contributed by atoms with van der Waals surface area (Å²) < 4.78 is 0. The highest BCUT2D eigenvalue weighted by atomic mass is 15.2. The van der Waals surface area contributed by atoms with Gasteiger partial charge in [0.05, 0.1) is 0 Å². The summed E-state index contributed by atoms with van der Waals surface area (Å²) in [4.78, 5) is 2.82. The first-order valence-corrected chi connectivity index (χ1v) is 7.62. The first-order chi connectivity index (χ1) is 8.15. The van der Waals surface area contributed by atoms with E-state index in [1.54, 1.807) is 0 Å². The Labute approximate surface area is 106 Å². The molecule has 17 heavy (non-hydrogen) atoms. The van der Waals surface area contributed by atoms with Crippen LogP contribution in [0.4, 0.5) is 0 Å². The normalized spacial score (nSPS) is 43.1. The summed E-state index contributed by atoms with van der Waals surface area (Å²) in [5, 5.41) is 3.81. The predicted molar refractivity (Wildman–Crippen MR) is 72.0 cm³/mol. The van der Waals surface area contributed by atoms with Gasteiger partial charge in [-0.25, -0.2) is 0 Å². The highest BCUT2D eigenvalue weighted by Crippen LogP contribution is 2.40. The van der Waals surface area contributed by atoms with Gasteiger partial charge in [-0.3, -0.25) is 4.90 Å². The molecule has 1 aliphatic heterocycles. The summed E-state index contributed by atoms with van der Waals surface area (Å²) >= 11 is 0. The summed E-state index contributed by atoms with van der Waals surface area (Å²) in [5.74, 6) is 3.80. The Kier molecular flexibility index (Phi) is 3.20. The summed E-state index contributed by atoms with van der Waals surface area (Å²) in [6.45, 7) is 11.1. The Morgan fingerprint density at radius 3 is 2.53 bits per heavy atom. The zero-order chi connectivity index (χ0) is 12.0. The summed E-state index contributed by atoms with van der Waals surface area (Å²) in [6, 6.07) is 1.58. The molecule has 0 aromatic carbocycles. The van der Waals surface area contributed by atoms with Crippen molar-refractivity contribution >= 4 is 0 Å². The maximum atomic E-state index is 3.81. The van der Waals surface area contributed by atoms with E-state index in [0.717, 1.165) is 35.8 Å². The Balaban J connectivity index is 1.60. The molecule has 4 atom stereocenters. The standard InChI is InChI=1S/C15H28N2/c1-10(2)15-7-16-14(12-4-5-12)9-17(15)8-13-6-11(13)3/h10-16H,4-9H2,1-3H3. The van der Waals surface area contributed by atoms with Crippen LogP contribution in [0.2, 0.25) is 0 Å². The number of nitrogens with one attached hydrogen (secondary N) is 1. The van der Waals surface area contributed by atoms with Gasteiger partial charge in [0.25, 0.3) is 0 Å². The smallest absolute Gasteiger partial charge is 0.0244 e. The van der Waals surface area contributed by atoms with E-state index in [0.29, 0.717) is 0 Å². The molecule has 1 saturated heterocycles. The van der Waals surface area contributed by atoms with Crippen LogP contribution in [0.5, 0.6) is 0 Å². The minimum Gasteiger partial charge on any atom is -0.311 e. The number of hydrogen-bond acceptors (Lipinski definition) is 2. The fourth-order valence-corrected chi connectivity index (χ4v) is 3.49. The van der Waals surface area contributed by atoms with Crippen LogP contribution < -0.4 is 5.32 Å². The lowest BCUT2D eigenvalue weighted by Gasteiger charge is -2.43. The number of rotatable bonds is 4. The van der Waals surface area contributed by atoms with E-state index in [2.05, 4.69) is 31.0 Å². The maximum Gasteiger partial charge on any atom is 0.0244 e. The third kappa shape index (κ3) is 2.68. The maximum absolute atomic E-state index is 3.81. The first-order valence-electron chi connectivity index (χ1n) is 7.62. The molecule has 2 saturated carbocycles. The van der Waals surface area contributed by atoms with E-state index in [1.807, 2.05) is 0 Å². The van der Waals surface area contributed by atoms with Crippen LogP contribution in [0.1, 0.15) is 40.0 Å². The van der Waals surface area contributed by atoms with Gasteiger partial charge < -0.3 is 5.32 Å². The van der Waals surface area contributed by atoms with E-state index in [4.69, 9.17) is 0 Å². The number of piperazine rings is 1. The van der Waals surface area contributed by atoms with Crippen molar-refractivity contribution in [2.45, 2.75) is 52.1 Å². The average Bonchev–Trinajstić information content (AvgIpc) is 3.16. The van der Waals surface area contributed by atoms with Crippen molar-refractivity contribution in [2.24, 2.45) is 23.7 Å². The molecule has 2 aliphatic carbocycles. The average molecular weight is 236 g/mol. The van der Waals surface area contributed by atoms with Crippen molar-refractivity contribution in [3.8, 4) is 0 Å². The summed E-state index contributed by atoms with van der Waals surface area (Å²) in [7, 11) is 0. The zero-order valence-electron chi connectivity index (χ0n) is 11.7. The number of nitrogens with zero attached hydrogens (tertiary/aromatic N) is 1. The molecule has 0 radical (unpaired) electrons. The second kappa shape index (κ2) is 4.55. The molecule has 0 aromatic rings. The predicted octanol–water partition coefficient (Wildman–Crippen LogP) is 2.35. The largest absolute Gasteiger partial charge is 0.311 e. The van der Waals surface area contributed by atoms with E-state index in [1.165, 1.54) is 38.9 Å². The molecule has 1 heterocycles. The van der Waals surface area contributed by atoms with Crippen molar-refractivity contribution in [1.82, 2.24) is 10.2 Å². The van der Waals surface area contributed by atoms with E-state index in [9.17, 15) is 0 Å². The van der Waals surface area contributed by atoms with Crippen LogP contribution in [0, 0.1) is 23.7 Å². The van der Waals surface area contributed by atoms with Crippen LogP contribution >= 0.6 is 0 Å². The van der Waals surface area contributed by atoms with Crippen LogP contribution in [0.25, 0.3) is 0 Å². The second-order valence-corrected chi connectivity index (χ2v) is 7.09. The van der Waals surface area contributed by atoms with Gasteiger partial charge in [-0.1, -0.05) is 20.8 Å². The van der Waals surface area contributed by atoms with Gasteiger partial charge in [0.2, 0.25) is 0 Å². The molecule has 0 aromatic heterocycles. The highest BCUT2D eigenvalue weighted by Gasteiger charge is 2.41. The van der Waals surface area contributed by atoms with Crippen LogP contribution in [-0.2, 0) is 0 Å². The van der Waals surface area contributed by atoms with Crippen LogP contribution in [0.3, 0.4) is 0 Å². The molecule has 98 valence electrons. The van der Waals surface area contributed by atoms with Gasteiger partial charge in [-0.15, -0.1) is 0 Å². The third-order valence-corrected chi connectivity index (χ3v) is 5.20. The zero-order valence-corrected chi connectivity index (χ0v) is 11.7. The van der Waals surface area contributed by atoms with Gasteiger partial charge in [0.1, 0.15) is 0 Å². The SMILES string of the molecule is CC(C)C1CNC(C2CC2)CN1CC1CC1C. The summed E-state index contributed by atoms with van der Waals surface area (Å²) in [5.41, 5.74) is 0. The second-order valence-electron chi connectivity index (χ2n) is 7.09. The molecule has 1 N–H and O–H groups in total. The molecule has 3 fully saturated rings. The van der Waals surface area contributed by atoms with E-state index in [-0.39, 0.29) is 0 Å². The van der Waals surface area contributed by atoms with Crippen molar-refractivity contribution < 1.29 is 0 Å². The molecule has 0 amide bonds. The summed E-state index contributed by atoms with van der Waals surface area (Å²) in [6.07, 6.45) is 4.41. The lowest BCUT2D eigenvalue weighted by Crippen LogP contribution is -2.59. The number of hydrogen-bond donors (Lipinski definition) is 1. The van der Waals surface area contributed by atoms with E-state index < -0.39 is 0 Å². The Hall–Kier alpha value is -0.0800. The van der Waals surface area contributed by atoms with Crippen molar-refractivity contribution in [3.05, 3.63) is 0 Å². The van der Waals surface area contributed by atoms with Gasteiger partial charge in [0.15, 0.2) is 0 Å². The van der Waals surface area contributed by atoms with Crippen molar-refractivity contribution in [1.29, 1.82) is 0 Å². The van der Waals surface area contributed by atoms with Crippen molar-refractivity contribution in [3.63, 3.8) is 0 Å². The molecule has 4 unspecified atom stereocenters. The lowest BCUT2D eigenvalue weighted by atomic mass is 9.96. The topological polar surface area (TPSA) is 15.3 Å². The Bertz CT molecular complexity index is 272. The molecule has 2 heteroatoms. The third-order valence-electron chi connectivity index (χ3n) is 5.20.